The van der Waals surface area contributed by atoms with Gasteiger partial charge in [0, 0.05) is 0 Å². The Bertz CT molecular complexity index is 315. The fourth-order valence-electron chi connectivity index (χ4n) is 0.526. The highest BCUT2D eigenvalue weighted by atomic mass is 32.3. The van der Waals surface area contributed by atoms with E-state index in [2.05, 4.69) is 10.3 Å². The molecular formula is C4H10N4O5S. The van der Waals surface area contributed by atoms with Crippen LogP contribution in [0, 0.1) is 5.41 Å². The molecule has 0 fully saturated rings. The molecule has 1 rings (SSSR count). The first kappa shape index (κ1) is 12.6. The van der Waals surface area contributed by atoms with Gasteiger partial charge in [0.1, 0.15) is 6.61 Å². The predicted molar refractivity (Wildman–Crippen MR) is 47.5 cm³/mol. The van der Waals surface area contributed by atoms with Crippen molar-refractivity contribution in [2.75, 3.05) is 13.2 Å². The van der Waals surface area contributed by atoms with Gasteiger partial charge in [-0.2, -0.15) is 8.42 Å². The molecule has 0 aromatic heterocycles. The van der Waals surface area contributed by atoms with Crippen molar-refractivity contribution >= 4 is 22.4 Å². The van der Waals surface area contributed by atoms with E-state index in [1.165, 1.54) is 0 Å². The molecule has 0 amide bonds. The first-order valence-electron chi connectivity index (χ1n) is 3.27. The molecule has 1 aliphatic heterocycles. The maximum atomic E-state index is 8.74. The monoisotopic (exact) mass is 226 g/mol. The summed E-state index contributed by atoms with van der Waals surface area (Å²) >= 11 is 0. The lowest BCUT2D eigenvalue weighted by Gasteiger charge is -2.00. The third-order valence-electron chi connectivity index (χ3n) is 0.827. The van der Waals surface area contributed by atoms with Crippen LogP contribution in [-0.2, 0) is 15.1 Å². The number of nitrogens with zero attached hydrogens (tertiary/aromatic N) is 1. The number of hydrogen-bond donors (Lipinski definition) is 5. The summed E-state index contributed by atoms with van der Waals surface area (Å²) in [4.78, 5) is 3.84. The Balaban J connectivity index is 0.000000292. The highest BCUT2D eigenvalue weighted by molar-refractivity contribution is 7.79. The van der Waals surface area contributed by atoms with Crippen molar-refractivity contribution in [2.24, 2.45) is 10.7 Å². The van der Waals surface area contributed by atoms with Gasteiger partial charge in [-0.15, -0.1) is 0 Å². The molecule has 10 heteroatoms. The highest BCUT2D eigenvalue weighted by Gasteiger charge is 2.05. The Morgan fingerprint density at radius 3 is 2.43 bits per heavy atom. The Kier molecular flexibility index (Phi) is 4.83. The SMILES string of the molecule is N=C(N)NC1=NCCO1.O=S(=O)(O)O. The zero-order valence-electron chi connectivity index (χ0n) is 6.97. The normalized spacial score (nSPS) is 14.6. The molecule has 0 aliphatic carbocycles. The fraction of sp³-hybridized carbons (Fsp3) is 0.500. The smallest absolute Gasteiger partial charge is 0.394 e. The predicted octanol–water partition coefficient (Wildman–Crippen LogP) is -1.80. The number of rotatable bonds is 0. The highest BCUT2D eigenvalue weighted by Crippen LogP contribution is 1.88. The molecule has 0 bridgehead atoms. The summed E-state index contributed by atoms with van der Waals surface area (Å²) in [6.45, 7) is 1.23. The standard InChI is InChI=1S/C4H8N4O.H2O4S/c5-3(6)8-4-7-1-2-9-4;1-5(2,3)4/h1-2H2,(H4,5,6,7,8);(H2,1,2,3,4). The number of ether oxygens (including phenoxy) is 1. The number of aliphatic imine (C=N–C) groups is 1. The van der Waals surface area contributed by atoms with E-state index in [4.69, 9.17) is 33.4 Å². The molecule has 0 atom stereocenters. The van der Waals surface area contributed by atoms with Gasteiger partial charge in [-0.3, -0.25) is 19.8 Å². The van der Waals surface area contributed by atoms with Gasteiger partial charge in [-0.05, 0) is 0 Å². The molecular weight excluding hydrogens is 216 g/mol. The molecule has 0 saturated carbocycles. The molecule has 0 saturated heterocycles. The minimum absolute atomic E-state index is 0.143. The summed E-state index contributed by atoms with van der Waals surface area (Å²) in [6, 6.07) is 0.350. The minimum atomic E-state index is -4.67. The topological polar surface area (TPSA) is 158 Å². The van der Waals surface area contributed by atoms with Gasteiger partial charge in [0.05, 0.1) is 6.54 Å². The van der Waals surface area contributed by atoms with Crippen molar-refractivity contribution in [3.8, 4) is 0 Å². The second kappa shape index (κ2) is 5.36. The summed E-state index contributed by atoms with van der Waals surface area (Å²) < 4.78 is 36.5. The van der Waals surface area contributed by atoms with E-state index in [9.17, 15) is 0 Å². The lowest BCUT2D eigenvalue weighted by molar-refractivity contribution is 0.338. The molecule has 0 radical (unpaired) electrons. The first-order chi connectivity index (χ1) is 6.29. The molecule has 1 aliphatic rings. The van der Waals surface area contributed by atoms with Crippen molar-refractivity contribution in [3.63, 3.8) is 0 Å². The third kappa shape index (κ3) is 10.6. The van der Waals surface area contributed by atoms with Crippen LogP contribution in [0.1, 0.15) is 0 Å². The second-order valence-electron chi connectivity index (χ2n) is 2.02. The summed E-state index contributed by atoms with van der Waals surface area (Å²) in [6.07, 6.45) is 0. The van der Waals surface area contributed by atoms with Gasteiger partial charge in [0.25, 0.3) is 6.02 Å². The van der Waals surface area contributed by atoms with Gasteiger partial charge in [0.2, 0.25) is 0 Å². The van der Waals surface area contributed by atoms with Gasteiger partial charge in [-0.1, -0.05) is 0 Å². The summed E-state index contributed by atoms with van der Waals surface area (Å²) in [5.41, 5.74) is 4.98. The van der Waals surface area contributed by atoms with Crippen molar-refractivity contribution in [3.05, 3.63) is 0 Å². The van der Waals surface area contributed by atoms with Crippen molar-refractivity contribution in [1.82, 2.24) is 5.32 Å². The molecule has 0 aromatic carbocycles. The van der Waals surface area contributed by atoms with E-state index in [1.54, 1.807) is 0 Å². The van der Waals surface area contributed by atoms with E-state index in [-0.39, 0.29) is 5.96 Å². The van der Waals surface area contributed by atoms with Crippen LogP contribution < -0.4 is 11.1 Å². The van der Waals surface area contributed by atoms with Crippen LogP contribution in [0.5, 0.6) is 0 Å². The van der Waals surface area contributed by atoms with Gasteiger partial charge in [0.15, 0.2) is 5.96 Å². The number of nitrogens with two attached hydrogens (primary N) is 1. The third-order valence-corrected chi connectivity index (χ3v) is 0.827. The van der Waals surface area contributed by atoms with Gasteiger partial charge >= 0.3 is 10.4 Å². The molecule has 6 N–H and O–H groups in total. The maximum absolute atomic E-state index is 8.74. The van der Waals surface area contributed by atoms with Crippen molar-refractivity contribution in [1.29, 1.82) is 5.41 Å². The lowest BCUT2D eigenvalue weighted by Crippen LogP contribution is -2.35. The number of hydrogen-bond acceptors (Lipinski definition) is 5. The van der Waals surface area contributed by atoms with Crippen LogP contribution in [0.15, 0.2) is 4.99 Å². The molecule has 0 spiro atoms. The average Bonchev–Trinajstić information content (AvgIpc) is 2.33. The van der Waals surface area contributed by atoms with E-state index < -0.39 is 10.4 Å². The summed E-state index contributed by atoms with van der Waals surface area (Å²) in [5.74, 6) is -0.143. The zero-order chi connectivity index (χ0) is 11.2. The Morgan fingerprint density at radius 1 is 1.64 bits per heavy atom. The molecule has 82 valence electrons. The maximum Gasteiger partial charge on any atom is 0.394 e. The van der Waals surface area contributed by atoms with Crippen LogP contribution in [0.25, 0.3) is 0 Å². The van der Waals surface area contributed by atoms with Crippen LogP contribution in [-0.4, -0.2) is 42.7 Å². The second-order valence-corrected chi connectivity index (χ2v) is 2.92. The van der Waals surface area contributed by atoms with Crippen LogP contribution in [0.3, 0.4) is 0 Å². The van der Waals surface area contributed by atoms with Gasteiger partial charge < -0.3 is 10.5 Å². The lowest BCUT2D eigenvalue weighted by atomic mass is 10.8. The van der Waals surface area contributed by atoms with Crippen LogP contribution >= 0.6 is 0 Å². The zero-order valence-corrected chi connectivity index (χ0v) is 7.78. The van der Waals surface area contributed by atoms with Crippen molar-refractivity contribution in [2.45, 2.75) is 0 Å². The number of guanidine groups is 1. The van der Waals surface area contributed by atoms with E-state index in [0.717, 1.165) is 0 Å². The van der Waals surface area contributed by atoms with E-state index in [1.807, 2.05) is 0 Å². The van der Waals surface area contributed by atoms with E-state index in [0.29, 0.717) is 19.2 Å². The van der Waals surface area contributed by atoms with Gasteiger partial charge in [-0.25, -0.2) is 4.99 Å². The largest absolute Gasteiger partial charge is 0.463 e. The molecule has 0 aromatic rings. The number of nitrogens with one attached hydrogen (secondary N) is 2. The quantitative estimate of drug-likeness (QED) is 0.185. The van der Waals surface area contributed by atoms with Crippen molar-refractivity contribution < 1.29 is 22.3 Å². The molecule has 0 unspecified atom stereocenters. The Hall–Kier alpha value is -1.39. The molecule has 1 heterocycles. The minimum Gasteiger partial charge on any atom is -0.463 e. The van der Waals surface area contributed by atoms with E-state index >= 15 is 0 Å². The Morgan fingerprint density at radius 2 is 2.14 bits per heavy atom. The molecule has 14 heavy (non-hydrogen) atoms. The fourth-order valence-corrected chi connectivity index (χ4v) is 0.526. The first-order valence-corrected chi connectivity index (χ1v) is 4.67. The summed E-state index contributed by atoms with van der Waals surface area (Å²) in [5, 5.41) is 9.20. The van der Waals surface area contributed by atoms with Crippen LogP contribution in [0.2, 0.25) is 0 Å². The molecule has 9 nitrogen and oxygen atoms in total. The number of amidine groups is 1. The summed E-state index contributed by atoms with van der Waals surface area (Å²) in [7, 11) is -4.67. The average molecular weight is 226 g/mol. The Labute approximate surface area is 80.0 Å². The van der Waals surface area contributed by atoms with Crippen LogP contribution in [0.4, 0.5) is 0 Å².